The third kappa shape index (κ3) is 3.42. The largest absolute Gasteiger partial charge is 0.347 e. The van der Waals surface area contributed by atoms with Crippen LogP contribution in [0.5, 0.6) is 0 Å². The maximum absolute atomic E-state index is 11.6. The van der Waals surface area contributed by atoms with Gasteiger partial charge in [-0.05, 0) is 12.1 Å². The second kappa shape index (κ2) is 5.40. The Labute approximate surface area is 103 Å². The van der Waals surface area contributed by atoms with Crippen LogP contribution in [0.15, 0.2) is 29.8 Å². The van der Waals surface area contributed by atoms with Crippen LogP contribution in [0.3, 0.4) is 0 Å². The molecule has 1 rings (SSSR count). The van der Waals surface area contributed by atoms with E-state index < -0.39 is 0 Å². The van der Waals surface area contributed by atoms with Gasteiger partial charge < -0.3 is 5.32 Å². The monoisotopic (exact) mass is 263 g/mol. The topological polar surface area (TPSA) is 29.1 Å². The predicted octanol–water partition coefficient (Wildman–Crippen LogP) is 3.48. The average Bonchev–Trinajstić information content (AvgIpc) is 2.18. The molecule has 80 valence electrons. The van der Waals surface area contributed by atoms with Crippen LogP contribution in [0.2, 0.25) is 10.0 Å². The first-order valence-electron chi connectivity index (χ1n) is 4.08. The molecule has 0 saturated heterocycles. The van der Waals surface area contributed by atoms with E-state index in [1.807, 2.05) is 0 Å². The number of carbonyl (C=O) groups excluding carboxylic acids is 1. The molecule has 0 aliphatic rings. The summed E-state index contributed by atoms with van der Waals surface area (Å²) in [5, 5.41) is 3.48. The van der Waals surface area contributed by atoms with Crippen LogP contribution in [0.25, 0.3) is 0 Å². The molecule has 0 saturated carbocycles. The van der Waals surface area contributed by atoms with Gasteiger partial charge in [0.1, 0.15) is 0 Å². The second-order valence-electron chi connectivity index (χ2n) is 2.80. The first-order chi connectivity index (χ1) is 7.02. The van der Waals surface area contributed by atoms with Gasteiger partial charge >= 0.3 is 0 Å². The van der Waals surface area contributed by atoms with E-state index in [4.69, 9.17) is 34.8 Å². The maximum atomic E-state index is 11.6. The minimum Gasteiger partial charge on any atom is -0.347 e. The van der Waals surface area contributed by atoms with Gasteiger partial charge in [-0.2, -0.15) is 0 Å². The normalized spacial score (nSPS) is 9.80. The average molecular weight is 265 g/mol. The SMILES string of the molecule is C=C(Cl)CNC(=O)c1cccc(Cl)c1Cl. The van der Waals surface area contributed by atoms with Crippen molar-refractivity contribution in [3.63, 3.8) is 0 Å². The van der Waals surface area contributed by atoms with Crippen molar-refractivity contribution in [2.75, 3.05) is 6.54 Å². The molecule has 0 heterocycles. The van der Waals surface area contributed by atoms with E-state index >= 15 is 0 Å². The number of amides is 1. The number of hydrogen-bond donors (Lipinski definition) is 1. The highest BCUT2D eigenvalue weighted by Gasteiger charge is 2.11. The van der Waals surface area contributed by atoms with E-state index in [2.05, 4.69) is 11.9 Å². The number of hydrogen-bond acceptors (Lipinski definition) is 1. The highest BCUT2D eigenvalue weighted by atomic mass is 35.5. The molecule has 2 nitrogen and oxygen atoms in total. The standard InChI is InChI=1S/C10H8Cl3NO/c1-6(11)5-14-10(15)7-3-2-4-8(12)9(7)13/h2-4H,1,5H2,(H,14,15). The van der Waals surface area contributed by atoms with Crippen LogP contribution in [0, 0.1) is 0 Å². The van der Waals surface area contributed by atoms with Crippen molar-refractivity contribution >= 4 is 40.7 Å². The van der Waals surface area contributed by atoms with E-state index in [0.717, 1.165) is 0 Å². The van der Waals surface area contributed by atoms with Gasteiger partial charge in [-0.15, -0.1) is 0 Å². The number of carbonyl (C=O) groups is 1. The quantitative estimate of drug-likeness (QED) is 0.890. The van der Waals surface area contributed by atoms with Gasteiger partial charge in [-0.3, -0.25) is 4.79 Å². The molecular formula is C10H8Cl3NO. The van der Waals surface area contributed by atoms with Crippen LogP contribution < -0.4 is 5.32 Å². The predicted molar refractivity (Wildman–Crippen MR) is 63.8 cm³/mol. The lowest BCUT2D eigenvalue weighted by atomic mass is 10.2. The lowest BCUT2D eigenvalue weighted by Gasteiger charge is -2.06. The molecule has 1 amide bonds. The molecule has 0 atom stereocenters. The van der Waals surface area contributed by atoms with E-state index in [-0.39, 0.29) is 17.5 Å². The molecule has 0 radical (unpaired) electrons. The van der Waals surface area contributed by atoms with Gasteiger partial charge in [-0.1, -0.05) is 47.4 Å². The van der Waals surface area contributed by atoms with Gasteiger partial charge in [-0.25, -0.2) is 0 Å². The molecule has 0 bridgehead atoms. The molecule has 0 unspecified atom stereocenters. The van der Waals surface area contributed by atoms with E-state index in [0.29, 0.717) is 15.6 Å². The van der Waals surface area contributed by atoms with Crippen LogP contribution >= 0.6 is 34.8 Å². The van der Waals surface area contributed by atoms with Crippen molar-refractivity contribution in [2.24, 2.45) is 0 Å². The highest BCUT2D eigenvalue weighted by Crippen LogP contribution is 2.25. The highest BCUT2D eigenvalue weighted by molar-refractivity contribution is 6.43. The minimum atomic E-state index is -0.329. The maximum Gasteiger partial charge on any atom is 0.253 e. The first-order valence-corrected chi connectivity index (χ1v) is 5.21. The fourth-order valence-electron chi connectivity index (χ4n) is 0.951. The first kappa shape index (κ1) is 12.4. The Hall–Kier alpha value is -0.700. The van der Waals surface area contributed by atoms with Crippen LogP contribution in [-0.4, -0.2) is 12.5 Å². The molecular weight excluding hydrogens is 256 g/mol. The van der Waals surface area contributed by atoms with Crippen LogP contribution in [0.1, 0.15) is 10.4 Å². The van der Waals surface area contributed by atoms with Gasteiger partial charge in [0.15, 0.2) is 0 Å². The summed E-state index contributed by atoms with van der Waals surface area (Å²) in [7, 11) is 0. The fraction of sp³-hybridized carbons (Fsp3) is 0.100. The zero-order valence-electron chi connectivity index (χ0n) is 7.69. The van der Waals surface area contributed by atoms with Gasteiger partial charge in [0.25, 0.3) is 5.91 Å². The third-order valence-electron chi connectivity index (χ3n) is 1.64. The lowest BCUT2D eigenvalue weighted by molar-refractivity contribution is 0.0958. The molecule has 0 aromatic heterocycles. The number of rotatable bonds is 3. The number of benzene rings is 1. The van der Waals surface area contributed by atoms with Crippen molar-refractivity contribution in [3.8, 4) is 0 Å². The Bertz CT molecular complexity index is 404. The molecule has 15 heavy (non-hydrogen) atoms. The third-order valence-corrected chi connectivity index (χ3v) is 2.59. The molecule has 1 aromatic carbocycles. The smallest absolute Gasteiger partial charge is 0.253 e. The van der Waals surface area contributed by atoms with Gasteiger partial charge in [0.05, 0.1) is 22.2 Å². The molecule has 0 spiro atoms. The Balaban J connectivity index is 2.82. The van der Waals surface area contributed by atoms with E-state index in [1.165, 1.54) is 0 Å². The van der Waals surface area contributed by atoms with Crippen molar-refractivity contribution in [1.82, 2.24) is 5.32 Å². The summed E-state index contributed by atoms with van der Waals surface area (Å²) in [6, 6.07) is 4.85. The Kier molecular flexibility index (Phi) is 4.45. The van der Waals surface area contributed by atoms with Gasteiger partial charge in [0.2, 0.25) is 0 Å². The lowest BCUT2D eigenvalue weighted by Crippen LogP contribution is -2.24. The summed E-state index contributed by atoms with van der Waals surface area (Å²) in [4.78, 5) is 11.6. The Morgan fingerprint density at radius 3 is 2.67 bits per heavy atom. The van der Waals surface area contributed by atoms with Crippen LogP contribution in [0.4, 0.5) is 0 Å². The summed E-state index contributed by atoms with van der Waals surface area (Å²) in [5.41, 5.74) is 0.321. The van der Waals surface area contributed by atoms with Crippen molar-refractivity contribution in [2.45, 2.75) is 0 Å². The summed E-state index contributed by atoms with van der Waals surface area (Å²) in [6.07, 6.45) is 0. The minimum absolute atomic E-state index is 0.198. The van der Waals surface area contributed by atoms with Crippen molar-refractivity contribution in [3.05, 3.63) is 45.4 Å². The fourth-order valence-corrected chi connectivity index (χ4v) is 1.40. The molecule has 1 aromatic rings. The second-order valence-corrected chi connectivity index (χ2v) is 4.12. The zero-order valence-corrected chi connectivity index (χ0v) is 9.96. The molecule has 5 heteroatoms. The Morgan fingerprint density at radius 1 is 1.40 bits per heavy atom. The molecule has 1 N–H and O–H groups in total. The zero-order chi connectivity index (χ0) is 11.4. The number of halogens is 3. The summed E-state index contributed by atoms with van der Waals surface area (Å²) < 4.78 is 0. The Morgan fingerprint density at radius 2 is 2.07 bits per heavy atom. The summed E-state index contributed by atoms with van der Waals surface area (Å²) in [6.45, 7) is 3.65. The molecule has 0 aliphatic heterocycles. The number of nitrogens with one attached hydrogen (secondary N) is 1. The van der Waals surface area contributed by atoms with Gasteiger partial charge in [0, 0.05) is 5.03 Å². The molecule has 0 aliphatic carbocycles. The van der Waals surface area contributed by atoms with Crippen molar-refractivity contribution in [1.29, 1.82) is 0 Å². The van der Waals surface area contributed by atoms with E-state index in [1.54, 1.807) is 18.2 Å². The van der Waals surface area contributed by atoms with E-state index in [9.17, 15) is 4.79 Å². The van der Waals surface area contributed by atoms with Crippen LogP contribution in [-0.2, 0) is 0 Å². The van der Waals surface area contributed by atoms with Crippen molar-refractivity contribution < 1.29 is 4.79 Å². The summed E-state index contributed by atoms with van der Waals surface area (Å²) >= 11 is 17.1. The molecule has 0 fully saturated rings. The summed E-state index contributed by atoms with van der Waals surface area (Å²) in [5.74, 6) is -0.329.